The zero-order chi connectivity index (χ0) is 15.9. The summed E-state index contributed by atoms with van der Waals surface area (Å²) in [5, 5.41) is 3.44. The number of ether oxygens (including phenoxy) is 2. The summed E-state index contributed by atoms with van der Waals surface area (Å²) in [6.07, 6.45) is 0. The molecule has 0 aliphatic carbocycles. The summed E-state index contributed by atoms with van der Waals surface area (Å²) in [6.45, 7) is 12.0. The molecule has 1 aromatic rings. The van der Waals surface area contributed by atoms with Gasteiger partial charge in [0.1, 0.15) is 12.4 Å². The average molecular weight is 392 g/mol. The largest absolute Gasteiger partial charge is 0.492 e. The molecular formula is C18H31Cl2N3O2. The summed E-state index contributed by atoms with van der Waals surface area (Å²) < 4.78 is 11.3. The van der Waals surface area contributed by atoms with Gasteiger partial charge in [0.05, 0.1) is 13.2 Å². The predicted molar refractivity (Wildman–Crippen MR) is 106 cm³/mol. The second-order valence-electron chi connectivity index (χ2n) is 6.47. The van der Waals surface area contributed by atoms with Crippen LogP contribution in [0.25, 0.3) is 0 Å². The lowest BCUT2D eigenvalue weighted by Crippen LogP contribution is -2.49. The van der Waals surface area contributed by atoms with Gasteiger partial charge in [0.15, 0.2) is 0 Å². The van der Waals surface area contributed by atoms with Crippen molar-refractivity contribution in [2.24, 2.45) is 0 Å². The smallest absolute Gasteiger partial charge is 0.119 e. The molecule has 2 fully saturated rings. The van der Waals surface area contributed by atoms with E-state index in [4.69, 9.17) is 9.47 Å². The lowest BCUT2D eigenvalue weighted by Gasteiger charge is -2.33. The van der Waals surface area contributed by atoms with Crippen LogP contribution in [0.4, 0.5) is 0 Å². The van der Waals surface area contributed by atoms with Crippen molar-refractivity contribution >= 4 is 24.8 Å². The minimum atomic E-state index is 0. The molecule has 25 heavy (non-hydrogen) atoms. The van der Waals surface area contributed by atoms with Gasteiger partial charge in [-0.05, 0) is 24.6 Å². The second-order valence-corrected chi connectivity index (χ2v) is 6.47. The molecule has 7 heteroatoms. The lowest BCUT2D eigenvalue weighted by molar-refractivity contribution is 0.0322. The maximum atomic E-state index is 5.95. The first-order valence-electron chi connectivity index (χ1n) is 8.78. The summed E-state index contributed by atoms with van der Waals surface area (Å²) >= 11 is 0. The normalized spacial score (nSPS) is 21.9. The quantitative estimate of drug-likeness (QED) is 0.802. The third-order valence-electron chi connectivity index (χ3n) is 4.70. The Morgan fingerprint density at radius 2 is 2.00 bits per heavy atom. The van der Waals surface area contributed by atoms with E-state index in [1.807, 2.05) is 0 Å². The number of nitrogens with one attached hydrogen (secondary N) is 1. The number of morpholine rings is 1. The van der Waals surface area contributed by atoms with Gasteiger partial charge in [-0.2, -0.15) is 0 Å². The molecule has 0 aromatic heterocycles. The number of rotatable bonds is 6. The molecule has 5 nitrogen and oxygen atoms in total. The van der Waals surface area contributed by atoms with Crippen LogP contribution in [0, 0.1) is 0 Å². The standard InChI is InChI=1S/C18H29N3O2.2ClH/c1-16-14-19-5-6-21(16)15-17-3-2-4-18(13-17)23-12-9-20-7-10-22-11-8-20;;/h2-4,13,16,19H,5-12,14-15H2,1H3;2*1H/t16-;;/m1../s1. The van der Waals surface area contributed by atoms with Gasteiger partial charge in [0.2, 0.25) is 0 Å². The Bertz CT molecular complexity index is 487. The van der Waals surface area contributed by atoms with E-state index in [0.29, 0.717) is 6.04 Å². The van der Waals surface area contributed by atoms with Crippen LogP contribution < -0.4 is 10.1 Å². The fourth-order valence-electron chi connectivity index (χ4n) is 3.20. The van der Waals surface area contributed by atoms with E-state index in [1.165, 1.54) is 5.56 Å². The van der Waals surface area contributed by atoms with Gasteiger partial charge >= 0.3 is 0 Å². The van der Waals surface area contributed by atoms with Gasteiger partial charge < -0.3 is 14.8 Å². The van der Waals surface area contributed by atoms with Crippen molar-refractivity contribution in [1.82, 2.24) is 15.1 Å². The molecule has 0 amide bonds. The highest BCUT2D eigenvalue weighted by Crippen LogP contribution is 2.16. The van der Waals surface area contributed by atoms with Gasteiger partial charge in [-0.3, -0.25) is 9.80 Å². The van der Waals surface area contributed by atoms with E-state index in [9.17, 15) is 0 Å². The number of piperazine rings is 1. The molecule has 1 N–H and O–H groups in total. The average Bonchev–Trinajstić information content (AvgIpc) is 2.58. The monoisotopic (exact) mass is 391 g/mol. The third-order valence-corrected chi connectivity index (χ3v) is 4.70. The van der Waals surface area contributed by atoms with E-state index in [-0.39, 0.29) is 24.8 Å². The summed E-state index contributed by atoms with van der Waals surface area (Å²) in [7, 11) is 0. The van der Waals surface area contributed by atoms with Crippen molar-refractivity contribution in [3.8, 4) is 5.75 Å². The van der Waals surface area contributed by atoms with Crippen molar-refractivity contribution in [3.63, 3.8) is 0 Å². The number of nitrogens with zero attached hydrogens (tertiary/aromatic N) is 2. The summed E-state index contributed by atoms with van der Waals surface area (Å²) in [4.78, 5) is 4.93. The molecule has 3 rings (SSSR count). The topological polar surface area (TPSA) is 37.0 Å². The van der Waals surface area contributed by atoms with Crippen LogP contribution in [0.1, 0.15) is 12.5 Å². The van der Waals surface area contributed by atoms with E-state index in [1.54, 1.807) is 0 Å². The molecule has 2 saturated heterocycles. The minimum absolute atomic E-state index is 0. The Labute approximate surface area is 163 Å². The zero-order valence-corrected chi connectivity index (χ0v) is 16.6. The second kappa shape index (κ2) is 11.9. The summed E-state index contributed by atoms with van der Waals surface area (Å²) in [5.41, 5.74) is 1.34. The Kier molecular flexibility index (Phi) is 10.7. The molecule has 2 heterocycles. The predicted octanol–water partition coefficient (Wildman–Crippen LogP) is 2.03. The van der Waals surface area contributed by atoms with Crippen LogP contribution in [0.2, 0.25) is 0 Å². The molecule has 144 valence electrons. The van der Waals surface area contributed by atoms with Crippen LogP contribution >= 0.6 is 24.8 Å². The third kappa shape index (κ3) is 7.29. The Morgan fingerprint density at radius 3 is 2.76 bits per heavy atom. The van der Waals surface area contributed by atoms with Crippen molar-refractivity contribution in [2.45, 2.75) is 19.5 Å². The van der Waals surface area contributed by atoms with Crippen molar-refractivity contribution in [3.05, 3.63) is 29.8 Å². The molecule has 1 aromatic carbocycles. The van der Waals surface area contributed by atoms with Crippen molar-refractivity contribution in [1.29, 1.82) is 0 Å². The van der Waals surface area contributed by atoms with E-state index in [2.05, 4.69) is 46.3 Å². The maximum Gasteiger partial charge on any atom is 0.119 e. The van der Waals surface area contributed by atoms with Crippen LogP contribution in [0.3, 0.4) is 0 Å². The molecule has 0 unspecified atom stereocenters. The first-order valence-corrected chi connectivity index (χ1v) is 8.78. The molecule has 0 radical (unpaired) electrons. The molecule has 2 aliphatic heterocycles. The first kappa shape index (κ1) is 22.5. The van der Waals surface area contributed by atoms with Crippen LogP contribution in [0.15, 0.2) is 24.3 Å². The summed E-state index contributed by atoms with van der Waals surface area (Å²) in [5.74, 6) is 0.985. The Hall–Kier alpha value is -0.560. The van der Waals surface area contributed by atoms with Crippen molar-refractivity contribution < 1.29 is 9.47 Å². The Balaban J connectivity index is 0.00000156. The highest BCUT2D eigenvalue weighted by atomic mass is 35.5. The van der Waals surface area contributed by atoms with Gasteiger partial charge in [0.25, 0.3) is 0 Å². The SMILES string of the molecule is C[C@@H]1CNCCN1Cc1cccc(OCCN2CCOCC2)c1.Cl.Cl. The number of hydrogen-bond donors (Lipinski definition) is 1. The highest BCUT2D eigenvalue weighted by molar-refractivity contribution is 5.85. The van der Waals surface area contributed by atoms with Gasteiger partial charge in [0, 0.05) is 51.9 Å². The van der Waals surface area contributed by atoms with Crippen LogP contribution in [-0.4, -0.2) is 74.9 Å². The summed E-state index contributed by atoms with van der Waals surface area (Å²) in [6, 6.07) is 9.14. The van der Waals surface area contributed by atoms with E-state index >= 15 is 0 Å². The van der Waals surface area contributed by atoms with Crippen LogP contribution in [0.5, 0.6) is 5.75 Å². The molecule has 1 atom stereocenters. The highest BCUT2D eigenvalue weighted by Gasteiger charge is 2.17. The fraction of sp³-hybridized carbons (Fsp3) is 0.667. The lowest BCUT2D eigenvalue weighted by atomic mass is 10.1. The Morgan fingerprint density at radius 1 is 1.20 bits per heavy atom. The molecule has 0 spiro atoms. The molecule has 0 bridgehead atoms. The first-order chi connectivity index (χ1) is 11.3. The number of benzene rings is 1. The van der Waals surface area contributed by atoms with Crippen LogP contribution in [-0.2, 0) is 11.3 Å². The zero-order valence-electron chi connectivity index (χ0n) is 15.0. The van der Waals surface area contributed by atoms with Crippen molar-refractivity contribution in [2.75, 3.05) is 59.1 Å². The minimum Gasteiger partial charge on any atom is -0.492 e. The number of hydrogen-bond acceptors (Lipinski definition) is 5. The van der Waals surface area contributed by atoms with E-state index in [0.717, 1.165) is 71.4 Å². The fourth-order valence-corrected chi connectivity index (χ4v) is 3.20. The maximum absolute atomic E-state index is 5.95. The van der Waals surface area contributed by atoms with Gasteiger partial charge in [-0.25, -0.2) is 0 Å². The number of halogens is 2. The molecule has 2 aliphatic rings. The molecule has 0 saturated carbocycles. The van der Waals surface area contributed by atoms with Gasteiger partial charge in [-0.1, -0.05) is 12.1 Å². The molecular weight excluding hydrogens is 361 g/mol. The van der Waals surface area contributed by atoms with Gasteiger partial charge in [-0.15, -0.1) is 24.8 Å². The van der Waals surface area contributed by atoms with E-state index < -0.39 is 0 Å².